The average molecular weight is 522 g/mol. The molecular formula is C25H31O10P. The lowest BCUT2D eigenvalue weighted by atomic mass is 10.00. The van der Waals surface area contributed by atoms with E-state index in [4.69, 9.17) is 28.7 Å². The van der Waals surface area contributed by atoms with E-state index in [0.29, 0.717) is 35.0 Å². The minimum Gasteiger partial charge on any atom is -0.504 e. The van der Waals surface area contributed by atoms with Crippen molar-refractivity contribution in [2.45, 2.75) is 19.1 Å². The zero-order chi connectivity index (χ0) is 26.7. The number of aromatic hydroxyl groups is 1. The van der Waals surface area contributed by atoms with Gasteiger partial charge in [-0.3, -0.25) is 4.52 Å². The lowest BCUT2D eigenvalue weighted by molar-refractivity contribution is 0.177. The van der Waals surface area contributed by atoms with Crippen molar-refractivity contribution >= 4 is 7.82 Å². The number of aliphatic hydroxyl groups is 1. The predicted octanol–water partition coefficient (Wildman–Crippen LogP) is 4.00. The molecule has 3 aromatic carbocycles. The van der Waals surface area contributed by atoms with E-state index in [-0.39, 0.29) is 12.4 Å². The summed E-state index contributed by atoms with van der Waals surface area (Å²) in [4.78, 5) is 16.7. The summed E-state index contributed by atoms with van der Waals surface area (Å²) in [6.07, 6.45) is -0.484. The third-order valence-electron chi connectivity index (χ3n) is 4.99. The van der Waals surface area contributed by atoms with Gasteiger partial charge in [0.05, 0.1) is 41.2 Å². The van der Waals surface area contributed by atoms with E-state index in [0.717, 1.165) is 11.1 Å². The van der Waals surface area contributed by atoms with Crippen LogP contribution in [0.1, 0.15) is 22.8 Å². The Labute approximate surface area is 209 Å². The fraction of sp³-hybridized carbons (Fsp3) is 0.280. The van der Waals surface area contributed by atoms with Gasteiger partial charge >= 0.3 is 7.82 Å². The van der Waals surface area contributed by atoms with Gasteiger partial charge in [-0.2, -0.15) is 0 Å². The standard InChI is InChI=1S/C18H22O6.C7H9O4P/c1-21-15-6-5-11(8-14(15)20)7-13(19)12-9-16(22-2)18(24-4)17(10-12)23-3;8-12(9,10)11-6-7-4-2-1-3-5-7/h5-6,8-10,13,19-20H,7H2,1-4H3;1-5H,6H2,(H2,8,9,10)/t13-;/m1./s1. The molecule has 4 N–H and O–H groups in total. The van der Waals surface area contributed by atoms with E-state index in [1.165, 1.54) is 28.4 Å². The first-order valence-corrected chi connectivity index (χ1v) is 12.2. The van der Waals surface area contributed by atoms with Crippen molar-refractivity contribution in [3.63, 3.8) is 0 Å². The van der Waals surface area contributed by atoms with Gasteiger partial charge in [-0.25, -0.2) is 4.57 Å². The number of phosphoric ester groups is 1. The van der Waals surface area contributed by atoms with Gasteiger partial charge < -0.3 is 38.9 Å². The molecule has 11 heteroatoms. The minimum absolute atomic E-state index is 0.0343. The number of ether oxygens (including phenoxy) is 4. The Morgan fingerprint density at radius 3 is 1.83 bits per heavy atom. The van der Waals surface area contributed by atoms with Crippen LogP contribution in [0.4, 0.5) is 0 Å². The molecule has 0 radical (unpaired) electrons. The fourth-order valence-electron chi connectivity index (χ4n) is 3.23. The summed E-state index contributed by atoms with van der Waals surface area (Å²) in [6.45, 7) is -0.0644. The number of phenolic OH excluding ortho intramolecular Hbond substituents is 1. The molecule has 196 valence electrons. The van der Waals surface area contributed by atoms with E-state index in [9.17, 15) is 14.8 Å². The molecule has 0 saturated heterocycles. The third-order valence-corrected chi connectivity index (χ3v) is 5.45. The molecule has 0 heterocycles. The first-order valence-electron chi connectivity index (χ1n) is 10.7. The van der Waals surface area contributed by atoms with Crippen molar-refractivity contribution in [2.75, 3.05) is 28.4 Å². The predicted molar refractivity (Wildman–Crippen MR) is 133 cm³/mol. The van der Waals surface area contributed by atoms with Crippen LogP contribution >= 0.6 is 7.82 Å². The van der Waals surface area contributed by atoms with E-state index < -0.39 is 13.9 Å². The number of phosphoric acid groups is 1. The van der Waals surface area contributed by atoms with Crippen molar-refractivity contribution in [1.29, 1.82) is 0 Å². The van der Waals surface area contributed by atoms with Crippen LogP contribution in [0.2, 0.25) is 0 Å². The lowest BCUT2D eigenvalue weighted by Gasteiger charge is -2.17. The van der Waals surface area contributed by atoms with Crippen molar-refractivity contribution < 1.29 is 48.0 Å². The molecule has 0 spiro atoms. The van der Waals surface area contributed by atoms with Crippen molar-refractivity contribution in [3.05, 3.63) is 77.4 Å². The Balaban J connectivity index is 0.000000319. The molecule has 3 rings (SSSR count). The summed E-state index contributed by atoms with van der Waals surface area (Å²) >= 11 is 0. The zero-order valence-electron chi connectivity index (χ0n) is 20.5. The van der Waals surface area contributed by atoms with Gasteiger partial charge in [0.25, 0.3) is 0 Å². The van der Waals surface area contributed by atoms with Gasteiger partial charge in [0, 0.05) is 6.42 Å². The van der Waals surface area contributed by atoms with Crippen LogP contribution in [-0.4, -0.2) is 48.4 Å². The molecule has 36 heavy (non-hydrogen) atoms. The molecule has 0 bridgehead atoms. The normalized spacial score (nSPS) is 11.6. The molecule has 0 aliphatic rings. The number of phenols is 1. The number of methoxy groups -OCH3 is 4. The highest BCUT2D eigenvalue weighted by Gasteiger charge is 2.18. The number of hydrogen-bond acceptors (Lipinski definition) is 8. The van der Waals surface area contributed by atoms with Gasteiger partial charge in [-0.15, -0.1) is 0 Å². The van der Waals surface area contributed by atoms with Crippen LogP contribution in [0.15, 0.2) is 60.7 Å². The molecule has 0 amide bonds. The minimum atomic E-state index is -4.33. The molecular weight excluding hydrogens is 491 g/mol. The van der Waals surface area contributed by atoms with E-state index in [2.05, 4.69) is 4.52 Å². The van der Waals surface area contributed by atoms with E-state index in [1.807, 2.05) is 6.07 Å². The van der Waals surface area contributed by atoms with Crippen LogP contribution in [0, 0.1) is 0 Å². The molecule has 0 aliphatic carbocycles. The summed E-state index contributed by atoms with van der Waals surface area (Å²) in [5.41, 5.74) is 2.13. The SMILES string of the molecule is COc1ccc(C[C@@H](O)c2cc(OC)c(OC)c(OC)c2)cc1O.O=P(O)(O)OCc1ccccc1. The summed E-state index contributed by atoms with van der Waals surface area (Å²) < 4.78 is 35.4. The Morgan fingerprint density at radius 1 is 0.778 bits per heavy atom. The first-order chi connectivity index (χ1) is 17.1. The highest BCUT2D eigenvalue weighted by molar-refractivity contribution is 7.46. The van der Waals surface area contributed by atoms with Crippen molar-refractivity contribution in [1.82, 2.24) is 0 Å². The Kier molecular flexibility index (Phi) is 11.0. The van der Waals surface area contributed by atoms with Gasteiger partial charge in [-0.05, 0) is 41.0 Å². The second-order valence-electron chi connectivity index (χ2n) is 7.43. The monoisotopic (exact) mass is 522 g/mol. The number of hydrogen-bond donors (Lipinski definition) is 4. The quantitative estimate of drug-likeness (QED) is 0.288. The number of benzene rings is 3. The maximum atomic E-state index is 10.5. The highest BCUT2D eigenvalue weighted by atomic mass is 31.2. The summed E-state index contributed by atoms with van der Waals surface area (Å²) in [7, 11) is 1.72. The summed E-state index contributed by atoms with van der Waals surface area (Å²) in [6, 6.07) is 17.3. The topological polar surface area (TPSA) is 144 Å². The lowest BCUT2D eigenvalue weighted by Crippen LogP contribution is -2.04. The molecule has 0 fully saturated rings. The van der Waals surface area contributed by atoms with Crippen LogP contribution in [0.5, 0.6) is 28.7 Å². The molecule has 10 nitrogen and oxygen atoms in total. The van der Waals surface area contributed by atoms with Crippen LogP contribution in [-0.2, 0) is 22.1 Å². The summed E-state index contributed by atoms with van der Waals surface area (Å²) in [5, 5.41) is 20.4. The highest BCUT2D eigenvalue weighted by Crippen LogP contribution is 2.40. The van der Waals surface area contributed by atoms with Crippen LogP contribution < -0.4 is 18.9 Å². The van der Waals surface area contributed by atoms with Crippen LogP contribution in [0.3, 0.4) is 0 Å². The molecule has 0 aromatic heterocycles. The second-order valence-corrected chi connectivity index (χ2v) is 8.67. The zero-order valence-corrected chi connectivity index (χ0v) is 21.3. The van der Waals surface area contributed by atoms with Crippen molar-refractivity contribution in [3.8, 4) is 28.7 Å². The maximum absolute atomic E-state index is 10.5. The number of aliphatic hydroxyl groups excluding tert-OH is 1. The van der Waals surface area contributed by atoms with Crippen LogP contribution in [0.25, 0.3) is 0 Å². The van der Waals surface area contributed by atoms with Gasteiger partial charge in [0.2, 0.25) is 5.75 Å². The molecule has 0 aliphatic heterocycles. The number of rotatable bonds is 10. The largest absolute Gasteiger partial charge is 0.504 e. The summed E-state index contributed by atoms with van der Waals surface area (Å²) in [5.74, 6) is 1.85. The Bertz CT molecular complexity index is 1120. The van der Waals surface area contributed by atoms with Gasteiger partial charge in [0.1, 0.15) is 0 Å². The smallest absolute Gasteiger partial charge is 0.469 e. The van der Waals surface area contributed by atoms with Gasteiger partial charge in [0.15, 0.2) is 23.0 Å². The first kappa shape index (κ1) is 29.0. The second kappa shape index (κ2) is 13.7. The van der Waals surface area contributed by atoms with E-state index in [1.54, 1.807) is 54.6 Å². The van der Waals surface area contributed by atoms with Crippen molar-refractivity contribution in [2.24, 2.45) is 0 Å². The third kappa shape index (κ3) is 8.75. The molecule has 0 unspecified atom stereocenters. The fourth-order valence-corrected chi connectivity index (χ4v) is 3.55. The Morgan fingerprint density at radius 2 is 1.36 bits per heavy atom. The Hall–Kier alpha value is -3.27. The maximum Gasteiger partial charge on any atom is 0.469 e. The van der Waals surface area contributed by atoms with Gasteiger partial charge in [-0.1, -0.05) is 36.4 Å². The molecule has 0 saturated carbocycles. The average Bonchev–Trinajstić information content (AvgIpc) is 2.87. The molecule has 1 atom stereocenters. The molecule has 3 aromatic rings. The van der Waals surface area contributed by atoms with E-state index >= 15 is 0 Å².